The monoisotopic (exact) mass is 367 g/mol. The quantitative estimate of drug-likeness (QED) is 0.752. The summed E-state index contributed by atoms with van der Waals surface area (Å²) in [5.41, 5.74) is 2.80. The Morgan fingerprint density at radius 2 is 1.92 bits per heavy atom. The summed E-state index contributed by atoms with van der Waals surface area (Å²) in [6, 6.07) is 14.6. The minimum absolute atomic E-state index is 0.113. The van der Waals surface area contributed by atoms with Crippen LogP contribution >= 0.6 is 11.6 Å². The fraction of sp³-hybridized carbons (Fsp3) is 0.150. The highest BCUT2D eigenvalue weighted by molar-refractivity contribution is 6.31. The van der Waals surface area contributed by atoms with Crippen molar-refractivity contribution in [2.75, 3.05) is 16.8 Å². The van der Waals surface area contributed by atoms with E-state index in [2.05, 4.69) is 10.3 Å². The zero-order valence-electron chi connectivity index (χ0n) is 14.5. The SMILES string of the molecule is CC(=O)N(CC(=O)Nc1cccc2cccnc12)c1ccc(C)c(Cl)c1. The van der Waals surface area contributed by atoms with Crippen molar-refractivity contribution in [3.05, 3.63) is 65.3 Å². The van der Waals surface area contributed by atoms with Crippen LogP contribution in [0.25, 0.3) is 10.9 Å². The third kappa shape index (κ3) is 3.83. The van der Waals surface area contributed by atoms with Gasteiger partial charge in [-0.05, 0) is 36.8 Å². The van der Waals surface area contributed by atoms with Crippen molar-refractivity contribution in [2.45, 2.75) is 13.8 Å². The molecule has 0 aliphatic heterocycles. The predicted octanol–water partition coefficient (Wildman–Crippen LogP) is 4.19. The van der Waals surface area contributed by atoms with Crippen LogP contribution in [0.2, 0.25) is 5.02 Å². The second kappa shape index (κ2) is 7.54. The Balaban J connectivity index is 1.82. The van der Waals surface area contributed by atoms with E-state index in [0.29, 0.717) is 21.9 Å². The first-order valence-electron chi connectivity index (χ1n) is 8.13. The highest BCUT2D eigenvalue weighted by atomic mass is 35.5. The van der Waals surface area contributed by atoms with Gasteiger partial charge in [0.05, 0.1) is 11.2 Å². The van der Waals surface area contributed by atoms with Gasteiger partial charge in [-0.25, -0.2) is 0 Å². The molecule has 3 aromatic rings. The van der Waals surface area contributed by atoms with Crippen LogP contribution in [0.5, 0.6) is 0 Å². The molecule has 0 bridgehead atoms. The van der Waals surface area contributed by atoms with Gasteiger partial charge >= 0.3 is 0 Å². The molecule has 0 aliphatic rings. The normalized spacial score (nSPS) is 10.6. The van der Waals surface area contributed by atoms with Crippen LogP contribution < -0.4 is 10.2 Å². The molecule has 0 atom stereocenters. The van der Waals surface area contributed by atoms with E-state index in [1.165, 1.54) is 11.8 Å². The molecule has 5 nitrogen and oxygen atoms in total. The smallest absolute Gasteiger partial charge is 0.244 e. The molecule has 0 aliphatic carbocycles. The summed E-state index contributed by atoms with van der Waals surface area (Å²) in [5.74, 6) is -0.550. The first-order valence-corrected chi connectivity index (χ1v) is 8.51. The summed E-state index contributed by atoms with van der Waals surface area (Å²) >= 11 is 6.15. The number of benzene rings is 2. The van der Waals surface area contributed by atoms with E-state index >= 15 is 0 Å². The number of hydrogen-bond donors (Lipinski definition) is 1. The number of para-hydroxylation sites is 1. The number of fused-ring (bicyclic) bond motifs is 1. The zero-order valence-corrected chi connectivity index (χ0v) is 15.2. The van der Waals surface area contributed by atoms with E-state index in [1.54, 1.807) is 24.4 Å². The molecule has 0 radical (unpaired) electrons. The van der Waals surface area contributed by atoms with Crippen LogP contribution in [-0.2, 0) is 9.59 Å². The summed E-state index contributed by atoms with van der Waals surface area (Å²) in [6.07, 6.45) is 1.67. The molecule has 0 spiro atoms. The molecule has 0 fully saturated rings. The molecule has 1 aromatic heterocycles. The number of aromatic nitrogens is 1. The largest absolute Gasteiger partial charge is 0.323 e. The summed E-state index contributed by atoms with van der Waals surface area (Å²) in [5, 5.41) is 4.32. The third-order valence-electron chi connectivity index (χ3n) is 4.06. The van der Waals surface area contributed by atoms with Gasteiger partial charge in [0.2, 0.25) is 11.8 Å². The number of aryl methyl sites for hydroxylation is 1. The number of halogens is 1. The van der Waals surface area contributed by atoms with Crippen LogP contribution in [0.15, 0.2) is 54.7 Å². The maximum absolute atomic E-state index is 12.5. The Kier molecular flexibility index (Phi) is 5.19. The number of nitrogens with zero attached hydrogens (tertiary/aromatic N) is 2. The third-order valence-corrected chi connectivity index (χ3v) is 4.46. The molecular formula is C20H18ClN3O2. The number of amides is 2. The summed E-state index contributed by atoms with van der Waals surface area (Å²) in [4.78, 5) is 30.3. The van der Waals surface area contributed by atoms with Crippen molar-refractivity contribution in [3.8, 4) is 0 Å². The molecule has 132 valence electrons. The summed E-state index contributed by atoms with van der Waals surface area (Å²) < 4.78 is 0. The van der Waals surface area contributed by atoms with Crippen LogP contribution in [0.3, 0.4) is 0 Å². The average Bonchev–Trinajstić information content (AvgIpc) is 2.62. The Bertz CT molecular complexity index is 982. The molecule has 0 saturated carbocycles. The molecular weight excluding hydrogens is 350 g/mol. The number of anilines is 2. The lowest BCUT2D eigenvalue weighted by Gasteiger charge is -2.21. The van der Waals surface area contributed by atoms with Gasteiger partial charge in [-0.1, -0.05) is 35.9 Å². The van der Waals surface area contributed by atoms with Crippen molar-refractivity contribution >= 4 is 45.7 Å². The van der Waals surface area contributed by atoms with Gasteiger partial charge in [-0.15, -0.1) is 0 Å². The van der Waals surface area contributed by atoms with E-state index in [4.69, 9.17) is 11.6 Å². The fourth-order valence-corrected chi connectivity index (χ4v) is 2.85. The summed E-state index contributed by atoms with van der Waals surface area (Å²) in [7, 11) is 0. The van der Waals surface area contributed by atoms with E-state index in [0.717, 1.165) is 10.9 Å². The number of nitrogens with one attached hydrogen (secondary N) is 1. The Labute approximate surface area is 156 Å². The van der Waals surface area contributed by atoms with E-state index in [9.17, 15) is 9.59 Å². The molecule has 6 heteroatoms. The lowest BCUT2D eigenvalue weighted by molar-refractivity contribution is -0.120. The van der Waals surface area contributed by atoms with Crippen molar-refractivity contribution in [2.24, 2.45) is 0 Å². The molecule has 2 amide bonds. The number of carbonyl (C=O) groups excluding carboxylic acids is 2. The molecule has 0 unspecified atom stereocenters. The van der Waals surface area contributed by atoms with E-state index in [-0.39, 0.29) is 18.4 Å². The number of rotatable bonds is 4. The van der Waals surface area contributed by atoms with Gasteiger partial charge in [0.25, 0.3) is 0 Å². The van der Waals surface area contributed by atoms with Crippen LogP contribution in [0.4, 0.5) is 11.4 Å². The first kappa shape index (κ1) is 17.9. The van der Waals surface area contributed by atoms with Gasteiger partial charge in [0, 0.05) is 29.2 Å². The molecule has 1 heterocycles. The lowest BCUT2D eigenvalue weighted by atomic mass is 10.2. The second-order valence-electron chi connectivity index (χ2n) is 5.97. The topological polar surface area (TPSA) is 62.3 Å². The van der Waals surface area contributed by atoms with Crippen molar-refractivity contribution in [1.29, 1.82) is 0 Å². The van der Waals surface area contributed by atoms with Gasteiger partial charge < -0.3 is 10.2 Å². The summed E-state index contributed by atoms with van der Waals surface area (Å²) in [6.45, 7) is 3.18. The van der Waals surface area contributed by atoms with Gasteiger partial charge in [-0.3, -0.25) is 14.6 Å². The number of hydrogen-bond acceptors (Lipinski definition) is 3. The van der Waals surface area contributed by atoms with Crippen LogP contribution in [0, 0.1) is 6.92 Å². The lowest BCUT2D eigenvalue weighted by Crippen LogP contribution is -2.36. The minimum Gasteiger partial charge on any atom is -0.323 e. The minimum atomic E-state index is -0.310. The molecule has 26 heavy (non-hydrogen) atoms. The van der Waals surface area contributed by atoms with E-state index < -0.39 is 0 Å². The Morgan fingerprint density at radius 3 is 2.65 bits per heavy atom. The number of pyridine rings is 1. The van der Waals surface area contributed by atoms with Crippen molar-refractivity contribution in [1.82, 2.24) is 4.98 Å². The molecule has 3 rings (SSSR count). The molecule has 2 aromatic carbocycles. The maximum Gasteiger partial charge on any atom is 0.244 e. The highest BCUT2D eigenvalue weighted by Crippen LogP contribution is 2.24. The van der Waals surface area contributed by atoms with Gasteiger partial charge in [-0.2, -0.15) is 0 Å². The van der Waals surface area contributed by atoms with Crippen LogP contribution in [0.1, 0.15) is 12.5 Å². The van der Waals surface area contributed by atoms with Gasteiger partial charge in [0.15, 0.2) is 0 Å². The van der Waals surface area contributed by atoms with Gasteiger partial charge in [0.1, 0.15) is 6.54 Å². The van der Waals surface area contributed by atoms with E-state index in [1.807, 2.05) is 37.3 Å². The fourth-order valence-electron chi connectivity index (χ4n) is 2.67. The predicted molar refractivity (Wildman–Crippen MR) is 105 cm³/mol. The molecule has 1 N–H and O–H groups in total. The van der Waals surface area contributed by atoms with Crippen molar-refractivity contribution in [3.63, 3.8) is 0 Å². The first-order chi connectivity index (χ1) is 12.5. The van der Waals surface area contributed by atoms with Crippen molar-refractivity contribution < 1.29 is 9.59 Å². The second-order valence-corrected chi connectivity index (χ2v) is 6.37. The molecule has 0 saturated heterocycles. The number of carbonyl (C=O) groups is 2. The Morgan fingerprint density at radius 1 is 1.15 bits per heavy atom. The average molecular weight is 368 g/mol. The Hall–Kier alpha value is -2.92. The zero-order chi connectivity index (χ0) is 18.7. The van der Waals surface area contributed by atoms with Crippen LogP contribution in [-0.4, -0.2) is 23.3 Å². The maximum atomic E-state index is 12.5. The standard InChI is InChI=1S/C20H18ClN3O2/c1-13-8-9-16(11-17(13)21)24(14(2)25)12-19(26)23-18-7-3-5-15-6-4-10-22-20(15)18/h3-11H,12H2,1-2H3,(H,23,26). The highest BCUT2D eigenvalue weighted by Gasteiger charge is 2.17.